The molecular weight excluding hydrogens is 158 g/mol. The number of rotatable bonds is 6. The van der Waals surface area contributed by atoms with Crippen LogP contribution in [0.1, 0.15) is 39.0 Å². The van der Waals surface area contributed by atoms with Gasteiger partial charge in [-0.1, -0.05) is 6.08 Å². The summed E-state index contributed by atoms with van der Waals surface area (Å²) in [4.78, 5) is 0. The largest absolute Gasteiger partial charge is 0.311 e. The molecule has 1 nitrogen and oxygen atoms in total. The lowest BCUT2D eigenvalue weighted by molar-refractivity contribution is 0.373. The van der Waals surface area contributed by atoms with Gasteiger partial charge in [0.15, 0.2) is 0 Å². The van der Waals surface area contributed by atoms with E-state index in [-0.39, 0.29) is 0 Å². The SMILES string of the molecule is C=CCC(C)NC(C1CC1)C1CC1. The summed E-state index contributed by atoms with van der Waals surface area (Å²) in [5.41, 5.74) is 0. The Morgan fingerprint density at radius 2 is 1.85 bits per heavy atom. The molecule has 0 spiro atoms. The van der Waals surface area contributed by atoms with Crippen molar-refractivity contribution in [3.05, 3.63) is 12.7 Å². The maximum absolute atomic E-state index is 3.79. The highest BCUT2D eigenvalue weighted by Crippen LogP contribution is 2.44. The van der Waals surface area contributed by atoms with Gasteiger partial charge < -0.3 is 5.32 Å². The molecule has 1 atom stereocenters. The summed E-state index contributed by atoms with van der Waals surface area (Å²) >= 11 is 0. The van der Waals surface area contributed by atoms with Crippen molar-refractivity contribution in [3.63, 3.8) is 0 Å². The van der Waals surface area contributed by atoms with E-state index in [2.05, 4.69) is 18.8 Å². The third kappa shape index (κ3) is 2.57. The first kappa shape index (κ1) is 9.26. The van der Waals surface area contributed by atoms with Crippen molar-refractivity contribution in [3.8, 4) is 0 Å². The van der Waals surface area contributed by atoms with Crippen molar-refractivity contribution in [2.75, 3.05) is 0 Å². The summed E-state index contributed by atoms with van der Waals surface area (Å²) in [5, 5.41) is 3.77. The highest BCUT2D eigenvalue weighted by molar-refractivity contribution is 4.97. The van der Waals surface area contributed by atoms with Gasteiger partial charge >= 0.3 is 0 Å². The van der Waals surface area contributed by atoms with Gasteiger partial charge in [0.1, 0.15) is 0 Å². The van der Waals surface area contributed by atoms with Crippen LogP contribution in [-0.4, -0.2) is 12.1 Å². The molecular formula is C12H21N. The van der Waals surface area contributed by atoms with Crippen LogP contribution in [0.4, 0.5) is 0 Å². The van der Waals surface area contributed by atoms with Gasteiger partial charge in [-0.2, -0.15) is 0 Å². The van der Waals surface area contributed by atoms with E-state index in [4.69, 9.17) is 0 Å². The summed E-state index contributed by atoms with van der Waals surface area (Å²) in [6.45, 7) is 6.07. The molecule has 2 rings (SSSR count). The summed E-state index contributed by atoms with van der Waals surface area (Å²) in [6.07, 6.45) is 9.00. The smallest absolute Gasteiger partial charge is 0.0126 e. The van der Waals surface area contributed by atoms with Crippen molar-refractivity contribution in [2.45, 2.75) is 51.1 Å². The predicted molar refractivity (Wildman–Crippen MR) is 56.6 cm³/mol. The van der Waals surface area contributed by atoms with Crippen LogP contribution >= 0.6 is 0 Å². The van der Waals surface area contributed by atoms with E-state index in [1.54, 1.807) is 0 Å². The van der Waals surface area contributed by atoms with Crippen LogP contribution in [0.15, 0.2) is 12.7 Å². The maximum atomic E-state index is 3.79. The maximum Gasteiger partial charge on any atom is 0.0126 e. The summed E-state index contributed by atoms with van der Waals surface area (Å²) in [5.74, 6) is 2.03. The Morgan fingerprint density at radius 1 is 1.31 bits per heavy atom. The van der Waals surface area contributed by atoms with E-state index in [1.807, 2.05) is 6.08 Å². The molecule has 0 saturated heterocycles. The van der Waals surface area contributed by atoms with Gasteiger partial charge in [0.2, 0.25) is 0 Å². The van der Waals surface area contributed by atoms with Crippen molar-refractivity contribution in [1.29, 1.82) is 0 Å². The molecule has 74 valence electrons. The summed E-state index contributed by atoms with van der Waals surface area (Å²) in [6, 6.07) is 1.47. The molecule has 1 heteroatoms. The fourth-order valence-electron chi connectivity index (χ4n) is 2.21. The van der Waals surface area contributed by atoms with Gasteiger partial charge in [0.25, 0.3) is 0 Å². The molecule has 1 unspecified atom stereocenters. The first-order valence-corrected chi connectivity index (χ1v) is 5.68. The minimum Gasteiger partial charge on any atom is -0.311 e. The van der Waals surface area contributed by atoms with E-state index in [1.165, 1.54) is 25.7 Å². The molecule has 13 heavy (non-hydrogen) atoms. The van der Waals surface area contributed by atoms with Crippen LogP contribution in [0.5, 0.6) is 0 Å². The van der Waals surface area contributed by atoms with Crippen LogP contribution in [0.25, 0.3) is 0 Å². The molecule has 0 aromatic carbocycles. The molecule has 0 amide bonds. The zero-order valence-corrected chi connectivity index (χ0v) is 8.63. The number of hydrogen-bond acceptors (Lipinski definition) is 1. The standard InChI is InChI=1S/C12H21N/c1-3-4-9(2)13-12(10-5-6-10)11-7-8-11/h3,9-13H,1,4-8H2,2H3. The molecule has 0 aromatic rings. The van der Waals surface area contributed by atoms with Crippen molar-refractivity contribution in [1.82, 2.24) is 5.32 Å². The molecule has 0 aliphatic heterocycles. The third-order valence-corrected chi connectivity index (χ3v) is 3.26. The van der Waals surface area contributed by atoms with Gasteiger partial charge in [-0.25, -0.2) is 0 Å². The Kier molecular flexibility index (Phi) is 2.73. The fourth-order valence-corrected chi connectivity index (χ4v) is 2.21. The Balaban J connectivity index is 1.78. The molecule has 2 aliphatic rings. The minimum absolute atomic E-state index is 0.628. The monoisotopic (exact) mass is 179 g/mol. The van der Waals surface area contributed by atoms with Gasteiger partial charge in [0, 0.05) is 12.1 Å². The van der Waals surface area contributed by atoms with Crippen molar-refractivity contribution >= 4 is 0 Å². The van der Waals surface area contributed by atoms with E-state index >= 15 is 0 Å². The lowest BCUT2D eigenvalue weighted by Crippen LogP contribution is -2.39. The van der Waals surface area contributed by atoms with Crippen molar-refractivity contribution < 1.29 is 0 Å². The molecule has 0 heterocycles. The van der Waals surface area contributed by atoms with E-state index in [0.717, 1.165) is 24.3 Å². The van der Waals surface area contributed by atoms with E-state index in [9.17, 15) is 0 Å². The normalized spacial score (nSPS) is 24.8. The predicted octanol–water partition coefficient (Wildman–Crippen LogP) is 2.73. The molecule has 0 radical (unpaired) electrons. The Hall–Kier alpha value is -0.300. The summed E-state index contributed by atoms with van der Waals surface area (Å²) in [7, 11) is 0. The summed E-state index contributed by atoms with van der Waals surface area (Å²) < 4.78 is 0. The van der Waals surface area contributed by atoms with E-state index < -0.39 is 0 Å². The van der Waals surface area contributed by atoms with Crippen LogP contribution < -0.4 is 5.32 Å². The average Bonchev–Trinajstić information content (AvgIpc) is 2.95. The van der Waals surface area contributed by atoms with Crippen LogP contribution in [0.2, 0.25) is 0 Å². The molecule has 1 N–H and O–H groups in total. The molecule has 2 aliphatic carbocycles. The first-order chi connectivity index (χ1) is 6.31. The molecule has 0 bridgehead atoms. The Bertz CT molecular complexity index is 168. The molecule has 2 fully saturated rings. The second-order valence-corrected chi connectivity index (χ2v) is 4.79. The highest BCUT2D eigenvalue weighted by Gasteiger charge is 2.41. The zero-order valence-electron chi connectivity index (χ0n) is 8.63. The fraction of sp³-hybridized carbons (Fsp3) is 0.833. The highest BCUT2D eigenvalue weighted by atomic mass is 15.0. The van der Waals surface area contributed by atoms with Crippen LogP contribution in [0, 0.1) is 11.8 Å². The lowest BCUT2D eigenvalue weighted by atomic mass is 10.1. The van der Waals surface area contributed by atoms with Gasteiger partial charge in [0.05, 0.1) is 0 Å². The lowest BCUT2D eigenvalue weighted by Gasteiger charge is -2.22. The average molecular weight is 179 g/mol. The topological polar surface area (TPSA) is 12.0 Å². The quantitative estimate of drug-likeness (QED) is 0.618. The molecule has 2 saturated carbocycles. The van der Waals surface area contributed by atoms with Crippen molar-refractivity contribution in [2.24, 2.45) is 11.8 Å². The zero-order chi connectivity index (χ0) is 9.26. The van der Waals surface area contributed by atoms with Gasteiger partial charge in [-0.05, 0) is 50.9 Å². The third-order valence-electron chi connectivity index (χ3n) is 3.26. The Morgan fingerprint density at radius 3 is 2.23 bits per heavy atom. The second kappa shape index (κ2) is 3.83. The van der Waals surface area contributed by atoms with E-state index in [0.29, 0.717) is 6.04 Å². The van der Waals surface area contributed by atoms with Crippen LogP contribution in [0.3, 0.4) is 0 Å². The first-order valence-electron chi connectivity index (χ1n) is 5.68. The minimum atomic E-state index is 0.628. The molecule has 0 aromatic heterocycles. The second-order valence-electron chi connectivity index (χ2n) is 4.79. The van der Waals surface area contributed by atoms with Gasteiger partial charge in [-0.15, -0.1) is 6.58 Å². The Labute approximate surface area is 81.6 Å². The number of nitrogens with one attached hydrogen (secondary N) is 1. The van der Waals surface area contributed by atoms with Gasteiger partial charge in [-0.3, -0.25) is 0 Å². The van der Waals surface area contributed by atoms with Crippen LogP contribution in [-0.2, 0) is 0 Å². The number of hydrogen-bond donors (Lipinski definition) is 1.